The first-order chi connectivity index (χ1) is 7.24. The summed E-state index contributed by atoms with van der Waals surface area (Å²) in [6.07, 6.45) is 0. The number of hydrogen-bond acceptors (Lipinski definition) is 2. The summed E-state index contributed by atoms with van der Waals surface area (Å²) < 4.78 is 0. The average molecular weight is 224 g/mol. The Morgan fingerprint density at radius 3 is 2.27 bits per heavy atom. The standard InChI is InChI=1S/C12H16ClN2/c1-14-6-8-15(9-7-14)10-11-2-4-12(13)5-3-11/h2-5H,1,6-10H2/q-1. The van der Waals surface area contributed by atoms with Crippen molar-refractivity contribution >= 4 is 11.6 Å². The Morgan fingerprint density at radius 1 is 1.07 bits per heavy atom. The maximum Gasteiger partial charge on any atom is 0.0406 e. The van der Waals surface area contributed by atoms with Crippen LogP contribution in [0.5, 0.6) is 0 Å². The second kappa shape index (κ2) is 4.97. The van der Waals surface area contributed by atoms with Gasteiger partial charge in [0, 0.05) is 24.7 Å². The Balaban J connectivity index is 1.89. The molecule has 1 aliphatic rings. The van der Waals surface area contributed by atoms with Crippen molar-refractivity contribution in [1.29, 1.82) is 0 Å². The van der Waals surface area contributed by atoms with Gasteiger partial charge in [-0.05, 0) is 30.8 Å². The van der Waals surface area contributed by atoms with Crippen molar-refractivity contribution in [3.8, 4) is 0 Å². The van der Waals surface area contributed by atoms with Gasteiger partial charge in [-0.3, -0.25) is 11.9 Å². The lowest BCUT2D eigenvalue weighted by Gasteiger charge is -2.37. The largest absolute Gasteiger partial charge is 0.457 e. The minimum atomic E-state index is 0.807. The molecule has 2 nitrogen and oxygen atoms in total. The fourth-order valence-corrected chi connectivity index (χ4v) is 1.92. The Labute approximate surface area is 96.4 Å². The minimum absolute atomic E-state index is 0.807. The van der Waals surface area contributed by atoms with Gasteiger partial charge in [0.2, 0.25) is 0 Å². The van der Waals surface area contributed by atoms with E-state index in [1.54, 1.807) is 0 Å². The molecule has 0 bridgehead atoms. The van der Waals surface area contributed by atoms with Crippen molar-refractivity contribution in [1.82, 2.24) is 9.80 Å². The van der Waals surface area contributed by atoms with E-state index in [9.17, 15) is 0 Å². The van der Waals surface area contributed by atoms with Gasteiger partial charge in [-0.1, -0.05) is 23.7 Å². The van der Waals surface area contributed by atoms with Gasteiger partial charge in [0.1, 0.15) is 0 Å². The van der Waals surface area contributed by atoms with E-state index >= 15 is 0 Å². The molecule has 82 valence electrons. The second-order valence-corrected chi connectivity index (χ2v) is 4.46. The van der Waals surface area contributed by atoms with E-state index in [1.807, 2.05) is 12.1 Å². The molecule has 0 aliphatic carbocycles. The van der Waals surface area contributed by atoms with Crippen LogP contribution in [0.4, 0.5) is 0 Å². The highest BCUT2D eigenvalue weighted by molar-refractivity contribution is 6.30. The van der Waals surface area contributed by atoms with Crippen LogP contribution in [0.25, 0.3) is 0 Å². The maximum atomic E-state index is 5.85. The molecule has 1 aromatic rings. The van der Waals surface area contributed by atoms with Crippen molar-refractivity contribution in [3.05, 3.63) is 41.9 Å². The van der Waals surface area contributed by atoms with Crippen LogP contribution in [0.3, 0.4) is 0 Å². The summed E-state index contributed by atoms with van der Waals surface area (Å²) in [4.78, 5) is 4.57. The third kappa shape index (κ3) is 3.20. The van der Waals surface area contributed by atoms with Crippen LogP contribution in [0.2, 0.25) is 5.02 Å². The topological polar surface area (TPSA) is 6.48 Å². The summed E-state index contributed by atoms with van der Waals surface area (Å²) in [5.74, 6) is 0. The molecule has 3 heteroatoms. The van der Waals surface area contributed by atoms with E-state index in [-0.39, 0.29) is 0 Å². The Morgan fingerprint density at radius 2 is 1.67 bits per heavy atom. The van der Waals surface area contributed by atoms with E-state index in [1.165, 1.54) is 5.56 Å². The molecule has 0 N–H and O–H groups in total. The predicted molar refractivity (Wildman–Crippen MR) is 63.7 cm³/mol. The lowest BCUT2D eigenvalue weighted by atomic mass is 10.2. The van der Waals surface area contributed by atoms with E-state index in [0.717, 1.165) is 37.7 Å². The van der Waals surface area contributed by atoms with Crippen molar-refractivity contribution < 1.29 is 0 Å². The molecule has 0 spiro atoms. The number of hydrogen-bond donors (Lipinski definition) is 0. The molecule has 2 rings (SSSR count). The van der Waals surface area contributed by atoms with Gasteiger partial charge in [0.05, 0.1) is 0 Å². The van der Waals surface area contributed by atoms with Gasteiger partial charge in [-0.25, -0.2) is 0 Å². The fraction of sp³-hybridized carbons (Fsp3) is 0.417. The predicted octanol–water partition coefficient (Wildman–Crippen LogP) is 2.25. The molecule has 15 heavy (non-hydrogen) atoms. The summed E-state index contributed by atoms with van der Waals surface area (Å²) in [5.41, 5.74) is 1.33. The summed E-state index contributed by atoms with van der Waals surface area (Å²) in [7, 11) is 3.94. The van der Waals surface area contributed by atoms with E-state index in [4.69, 9.17) is 11.6 Å². The normalized spacial score (nSPS) is 19.3. The molecule has 1 aliphatic heterocycles. The summed E-state index contributed by atoms with van der Waals surface area (Å²) in [5, 5.41) is 0.807. The first kappa shape index (κ1) is 10.9. The molecule has 0 amide bonds. The van der Waals surface area contributed by atoms with Crippen molar-refractivity contribution in [2.24, 2.45) is 0 Å². The Kier molecular flexibility index (Phi) is 3.62. The zero-order valence-electron chi connectivity index (χ0n) is 8.82. The lowest BCUT2D eigenvalue weighted by Crippen LogP contribution is -2.42. The van der Waals surface area contributed by atoms with Crippen LogP contribution in [0.15, 0.2) is 24.3 Å². The zero-order valence-corrected chi connectivity index (χ0v) is 9.58. The Bertz CT molecular complexity index is 302. The highest BCUT2D eigenvalue weighted by Gasteiger charge is 2.10. The highest BCUT2D eigenvalue weighted by Crippen LogP contribution is 2.12. The average Bonchev–Trinajstić information content (AvgIpc) is 2.25. The van der Waals surface area contributed by atoms with Crippen LogP contribution in [0, 0.1) is 7.05 Å². The van der Waals surface area contributed by atoms with E-state index in [2.05, 4.69) is 29.0 Å². The van der Waals surface area contributed by atoms with Gasteiger partial charge < -0.3 is 4.90 Å². The van der Waals surface area contributed by atoms with Gasteiger partial charge in [0.25, 0.3) is 0 Å². The summed E-state index contributed by atoms with van der Waals surface area (Å²) in [6, 6.07) is 8.10. The van der Waals surface area contributed by atoms with Crippen molar-refractivity contribution in [3.63, 3.8) is 0 Å². The number of halogens is 1. The third-order valence-electron chi connectivity index (χ3n) is 2.78. The van der Waals surface area contributed by atoms with Gasteiger partial charge >= 0.3 is 0 Å². The summed E-state index contributed by atoms with van der Waals surface area (Å²) in [6.45, 7) is 5.35. The SMILES string of the molecule is [CH2-]N1CCN(Cc2ccc(Cl)cc2)CC1. The number of rotatable bonds is 2. The van der Waals surface area contributed by atoms with Gasteiger partial charge in [-0.15, -0.1) is 0 Å². The third-order valence-corrected chi connectivity index (χ3v) is 3.04. The molecule has 1 fully saturated rings. The van der Waals surface area contributed by atoms with E-state index < -0.39 is 0 Å². The maximum absolute atomic E-state index is 5.85. The zero-order chi connectivity index (χ0) is 10.7. The van der Waals surface area contributed by atoms with Crippen LogP contribution >= 0.6 is 11.6 Å². The lowest BCUT2D eigenvalue weighted by molar-refractivity contribution is 0.160. The fourth-order valence-electron chi connectivity index (χ4n) is 1.80. The monoisotopic (exact) mass is 223 g/mol. The Hall–Kier alpha value is -0.570. The molecule has 1 heterocycles. The van der Waals surface area contributed by atoms with Crippen LogP contribution in [0.1, 0.15) is 5.56 Å². The van der Waals surface area contributed by atoms with Crippen molar-refractivity contribution in [2.75, 3.05) is 26.2 Å². The quantitative estimate of drug-likeness (QED) is 0.710. The number of benzene rings is 1. The van der Waals surface area contributed by atoms with Crippen LogP contribution < -0.4 is 0 Å². The van der Waals surface area contributed by atoms with Gasteiger partial charge in [-0.2, -0.15) is 0 Å². The summed E-state index contributed by atoms with van der Waals surface area (Å²) >= 11 is 5.85. The highest BCUT2D eigenvalue weighted by atomic mass is 35.5. The first-order valence-corrected chi connectivity index (χ1v) is 5.64. The molecule has 0 aromatic heterocycles. The molecule has 1 aromatic carbocycles. The smallest absolute Gasteiger partial charge is 0.0406 e. The molecular weight excluding hydrogens is 208 g/mol. The molecular formula is C12H16ClN2-. The number of nitrogens with zero attached hydrogens (tertiary/aromatic N) is 2. The molecule has 0 unspecified atom stereocenters. The number of piperazine rings is 1. The second-order valence-electron chi connectivity index (χ2n) is 4.02. The van der Waals surface area contributed by atoms with Crippen LogP contribution in [-0.4, -0.2) is 36.0 Å². The minimum Gasteiger partial charge on any atom is -0.457 e. The molecule has 0 saturated carbocycles. The molecule has 0 atom stereocenters. The first-order valence-electron chi connectivity index (χ1n) is 5.26. The molecule has 1 saturated heterocycles. The van der Waals surface area contributed by atoms with Crippen LogP contribution in [-0.2, 0) is 6.54 Å². The molecule has 0 radical (unpaired) electrons. The van der Waals surface area contributed by atoms with Gasteiger partial charge in [0.15, 0.2) is 0 Å². The van der Waals surface area contributed by atoms with E-state index in [0.29, 0.717) is 0 Å². The van der Waals surface area contributed by atoms with Crippen molar-refractivity contribution in [2.45, 2.75) is 6.54 Å².